The summed E-state index contributed by atoms with van der Waals surface area (Å²) in [6, 6.07) is 7.26. The summed E-state index contributed by atoms with van der Waals surface area (Å²) in [6.45, 7) is 8.36. The summed E-state index contributed by atoms with van der Waals surface area (Å²) < 4.78 is 35.5. The third-order valence-corrected chi connectivity index (χ3v) is 10.5. The second-order valence-corrected chi connectivity index (χ2v) is 14.4. The number of phenolic OH excluding ortho intramolecular Hbond substituents is 1. The SMILES string of the molecule is C#Cc1c(F)ccc2cc(O)cc(-c3cnc4c(N5CC6CCC(C5)N6)nc(OCC5(CN6CC[C@@H](F)C6)CC5)nc4c3C(C)C)c12. The maximum Gasteiger partial charge on any atom is 0.319 e. The Balaban J connectivity index is 1.27. The van der Waals surface area contributed by atoms with Crippen LogP contribution >= 0.6 is 0 Å². The summed E-state index contributed by atoms with van der Waals surface area (Å²) >= 11 is 0. The molecule has 10 heteroatoms. The number of hydrogen-bond acceptors (Lipinski definition) is 8. The number of aromatic nitrogens is 3. The molecule has 244 valence electrons. The number of nitrogens with zero attached hydrogens (tertiary/aromatic N) is 5. The molecule has 3 aliphatic heterocycles. The van der Waals surface area contributed by atoms with E-state index in [-0.39, 0.29) is 22.6 Å². The molecule has 0 amide bonds. The van der Waals surface area contributed by atoms with Gasteiger partial charge in [-0.15, -0.1) is 6.42 Å². The third kappa shape index (κ3) is 5.53. The number of pyridine rings is 1. The third-order valence-electron chi connectivity index (χ3n) is 10.5. The molecule has 47 heavy (non-hydrogen) atoms. The van der Waals surface area contributed by atoms with Gasteiger partial charge in [-0.2, -0.15) is 9.97 Å². The molecule has 5 heterocycles. The van der Waals surface area contributed by atoms with Gasteiger partial charge >= 0.3 is 6.01 Å². The van der Waals surface area contributed by atoms with Crippen molar-refractivity contribution in [2.75, 3.05) is 44.2 Å². The number of anilines is 1. The number of nitrogens with one attached hydrogen (secondary N) is 1. The van der Waals surface area contributed by atoms with Crippen molar-refractivity contribution in [2.24, 2.45) is 5.41 Å². The van der Waals surface area contributed by atoms with Crippen LogP contribution in [-0.4, -0.2) is 82.5 Å². The first-order chi connectivity index (χ1) is 22.7. The lowest BCUT2D eigenvalue weighted by Gasteiger charge is -2.34. The van der Waals surface area contributed by atoms with Crippen LogP contribution in [0.5, 0.6) is 11.8 Å². The molecule has 2 aromatic carbocycles. The summed E-state index contributed by atoms with van der Waals surface area (Å²) in [4.78, 5) is 19.6. The summed E-state index contributed by atoms with van der Waals surface area (Å²) in [5.41, 5.74) is 3.69. The van der Waals surface area contributed by atoms with E-state index in [0.29, 0.717) is 65.0 Å². The zero-order chi connectivity index (χ0) is 32.4. The van der Waals surface area contributed by atoms with Gasteiger partial charge in [0.1, 0.15) is 28.8 Å². The molecule has 1 saturated carbocycles. The highest BCUT2D eigenvalue weighted by molar-refractivity contribution is 6.04. The number of benzene rings is 2. The Bertz CT molecular complexity index is 1910. The molecule has 2 N–H and O–H groups in total. The van der Waals surface area contributed by atoms with Crippen LogP contribution in [0, 0.1) is 23.6 Å². The van der Waals surface area contributed by atoms with Crippen LogP contribution < -0.4 is 15.0 Å². The van der Waals surface area contributed by atoms with Crippen molar-refractivity contribution < 1.29 is 18.6 Å². The predicted octanol–water partition coefficient (Wildman–Crippen LogP) is 5.94. The summed E-state index contributed by atoms with van der Waals surface area (Å²) in [5.74, 6) is 2.81. The number of likely N-dealkylation sites (tertiary alicyclic amines) is 1. The van der Waals surface area contributed by atoms with E-state index >= 15 is 4.39 Å². The van der Waals surface area contributed by atoms with Gasteiger partial charge in [-0.25, -0.2) is 8.78 Å². The Morgan fingerprint density at radius 3 is 2.55 bits per heavy atom. The van der Waals surface area contributed by atoms with Crippen LogP contribution in [0.2, 0.25) is 0 Å². The van der Waals surface area contributed by atoms with Crippen molar-refractivity contribution in [3.8, 4) is 35.2 Å². The van der Waals surface area contributed by atoms with E-state index in [1.54, 1.807) is 24.4 Å². The number of hydrogen-bond donors (Lipinski definition) is 2. The van der Waals surface area contributed by atoms with Gasteiger partial charge in [0.2, 0.25) is 0 Å². The summed E-state index contributed by atoms with van der Waals surface area (Å²) in [6.07, 6.45) is 11.8. The molecule has 2 bridgehead atoms. The molecule has 1 aliphatic carbocycles. The Labute approximate surface area is 273 Å². The molecule has 0 spiro atoms. The number of piperazine rings is 1. The molecule has 4 fully saturated rings. The van der Waals surface area contributed by atoms with Gasteiger partial charge < -0.3 is 20.1 Å². The first-order valence-corrected chi connectivity index (χ1v) is 16.8. The number of halogens is 2. The fraction of sp³-hybridized carbons (Fsp3) is 0.486. The standard InChI is InChI=1S/C37H40F2N6O2/c1-4-27-30(39)8-5-22-13-26(46)14-28(32(22)27)29-15-40-34-33(31(29)21(2)3)42-36(43-35(34)45-17-24-6-7-25(18-45)41-24)47-20-37(10-11-37)19-44-12-9-23(38)16-44/h1,5,8,13-15,21,23-25,41,46H,6-7,9-12,16-20H2,2-3H3/t23-,24?,25?/m1/s1. The first kappa shape index (κ1) is 30.3. The second-order valence-electron chi connectivity index (χ2n) is 14.4. The van der Waals surface area contributed by atoms with E-state index in [9.17, 15) is 9.50 Å². The van der Waals surface area contributed by atoms with Gasteiger partial charge in [-0.05, 0) is 72.7 Å². The molecule has 3 saturated heterocycles. The fourth-order valence-electron chi connectivity index (χ4n) is 8.03. The minimum atomic E-state index is -0.750. The number of alkyl halides is 1. The lowest BCUT2D eigenvalue weighted by Crippen LogP contribution is -2.51. The van der Waals surface area contributed by atoms with Gasteiger partial charge in [0.05, 0.1) is 12.2 Å². The molecular weight excluding hydrogens is 598 g/mol. The van der Waals surface area contributed by atoms with Crippen LogP contribution in [0.3, 0.4) is 0 Å². The van der Waals surface area contributed by atoms with Gasteiger partial charge in [0.25, 0.3) is 0 Å². The maximum atomic E-state index is 15.1. The summed E-state index contributed by atoms with van der Waals surface area (Å²) in [5, 5.41) is 15.7. The predicted molar refractivity (Wildman–Crippen MR) is 179 cm³/mol. The normalized spacial score (nSPS) is 23.6. The number of fused-ring (bicyclic) bond motifs is 4. The topological polar surface area (TPSA) is 86.6 Å². The molecule has 8 rings (SSSR count). The quantitative estimate of drug-likeness (QED) is 0.230. The van der Waals surface area contributed by atoms with Crippen LogP contribution in [0.15, 0.2) is 30.5 Å². The van der Waals surface area contributed by atoms with Crippen LogP contribution in [0.25, 0.3) is 32.9 Å². The highest BCUT2D eigenvalue weighted by Gasteiger charge is 2.46. The maximum absolute atomic E-state index is 15.1. The Morgan fingerprint density at radius 2 is 1.87 bits per heavy atom. The Kier molecular flexibility index (Phi) is 7.45. The zero-order valence-corrected chi connectivity index (χ0v) is 26.9. The molecule has 2 aromatic heterocycles. The highest BCUT2D eigenvalue weighted by Crippen LogP contribution is 2.47. The molecule has 2 unspecified atom stereocenters. The van der Waals surface area contributed by atoms with Crippen LogP contribution in [0.4, 0.5) is 14.6 Å². The van der Waals surface area contributed by atoms with E-state index < -0.39 is 12.0 Å². The molecule has 4 aliphatic rings. The van der Waals surface area contributed by atoms with Crippen LogP contribution in [0.1, 0.15) is 63.0 Å². The minimum absolute atomic E-state index is 0.0200. The van der Waals surface area contributed by atoms with Crippen molar-refractivity contribution in [1.29, 1.82) is 0 Å². The van der Waals surface area contributed by atoms with E-state index in [0.717, 1.165) is 68.8 Å². The van der Waals surface area contributed by atoms with E-state index in [4.69, 9.17) is 26.1 Å². The smallest absolute Gasteiger partial charge is 0.319 e. The van der Waals surface area contributed by atoms with Gasteiger partial charge in [0.15, 0.2) is 5.82 Å². The lowest BCUT2D eigenvalue weighted by atomic mass is 9.88. The number of aromatic hydroxyl groups is 1. The van der Waals surface area contributed by atoms with Crippen LogP contribution in [-0.2, 0) is 0 Å². The summed E-state index contributed by atoms with van der Waals surface area (Å²) in [7, 11) is 0. The average molecular weight is 639 g/mol. The molecule has 3 atom stereocenters. The monoisotopic (exact) mass is 638 g/mol. The lowest BCUT2D eigenvalue weighted by molar-refractivity contribution is 0.165. The largest absolute Gasteiger partial charge is 0.508 e. The number of phenols is 1. The second kappa shape index (κ2) is 11.6. The van der Waals surface area contributed by atoms with Gasteiger partial charge in [0, 0.05) is 67.4 Å². The molecule has 4 aromatic rings. The zero-order valence-electron chi connectivity index (χ0n) is 26.9. The number of terminal acetylenes is 1. The number of rotatable bonds is 8. The molecular formula is C37H40F2N6O2. The van der Waals surface area contributed by atoms with Gasteiger partial charge in [-0.1, -0.05) is 25.8 Å². The van der Waals surface area contributed by atoms with Crippen molar-refractivity contribution in [2.45, 2.75) is 70.1 Å². The van der Waals surface area contributed by atoms with Crippen molar-refractivity contribution >= 4 is 27.6 Å². The first-order valence-electron chi connectivity index (χ1n) is 16.8. The highest BCUT2D eigenvalue weighted by atomic mass is 19.1. The molecule has 0 radical (unpaired) electrons. The van der Waals surface area contributed by atoms with Crippen molar-refractivity contribution in [3.63, 3.8) is 0 Å². The van der Waals surface area contributed by atoms with Crippen molar-refractivity contribution in [3.05, 3.63) is 47.4 Å². The van der Waals surface area contributed by atoms with E-state index in [1.165, 1.54) is 6.07 Å². The molecule has 8 nitrogen and oxygen atoms in total. The fourth-order valence-corrected chi connectivity index (χ4v) is 8.03. The Morgan fingerprint density at radius 1 is 1.09 bits per heavy atom. The van der Waals surface area contributed by atoms with Crippen molar-refractivity contribution in [1.82, 2.24) is 25.2 Å². The van der Waals surface area contributed by atoms with E-state index in [1.807, 2.05) is 0 Å². The van der Waals surface area contributed by atoms with E-state index in [2.05, 4.69) is 34.9 Å². The Hall–Kier alpha value is -4.07. The van der Waals surface area contributed by atoms with Gasteiger partial charge in [-0.3, -0.25) is 9.88 Å². The minimum Gasteiger partial charge on any atom is -0.508 e. The number of ether oxygens (including phenoxy) is 1. The average Bonchev–Trinajstić information content (AvgIpc) is 3.57.